The number of hydrogen-bond donors (Lipinski definition) is 1. The second kappa shape index (κ2) is 4.60. The molecule has 2 unspecified atom stereocenters. The van der Waals surface area contributed by atoms with Gasteiger partial charge in [0.15, 0.2) is 0 Å². The van der Waals surface area contributed by atoms with E-state index in [2.05, 4.69) is 34.8 Å². The van der Waals surface area contributed by atoms with Crippen molar-refractivity contribution in [2.24, 2.45) is 11.8 Å². The van der Waals surface area contributed by atoms with Crippen molar-refractivity contribution < 1.29 is 4.79 Å². The van der Waals surface area contributed by atoms with E-state index in [0.717, 1.165) is 25.3 Å². The summed E-state index contributed by atoms with van der Waals surface area (Å²) in [6, 6.07) is 4.57. The van der Waals surface area contributed by atoms with Gasteiger partial charge in [0.2, 0.25) is 0 Å². The minimum Gasteiger partial charge on any atom is -0.340 e. The van der Waals surface area contributed by atoms with Crippen LogP contribution >= 0.6 is 0 Å². The molecule has 2 aliphatic heterocycles. The smallest absolute Gasteiger partial charge is 0.270 e. The largest absolute Gasteiger partial charge is 0.340 e. The van der Waals surface area contributed by atoms with Crippen LogP contribution in [0.15, 0.2) is 18.3 Å². The van der Waals surface area contributed by atoms with Gasteiger partial charge in [0, 0.05) is 37.4 Å². The Balaban J connectivity index is 1.62. The van der Waals surface area contributed by atoms with E-state index in [-0.39, 0.29) is 11.4 Å². The first-order chi connectivity index (χ1) is 10.1. The summed E-state index contributed by atoms with van der Waals surface area (Å²) in [6.45, 7) is 7.48. The molecule has 4 rings (SSSR count). The molecule has 2 atom stereocenters. The number of aromatic nitrogens is 1. The van der Waals surface area contributed by atoms with Gasteiger partial charge in [-0.3, -0.25) is 4.79 Å². The van der Waals surface area contributed by atoms with Crippen LogP contribution in [0.5, 0.6) is 0 Å². The van der Waals surface area contributed by atoms with E-state index >= 15 is 0 Å². The van der Waals surface area contributed by atoms with Crippen LogP contribution in [0.3, 0.4) is 0 Å². The van der Waals surface area contributed by atoms with Gasteiger partial charge in [-0.2, -0.15) is 0 Å². The van der Waals surface area contributed by atoms with Crippen LogP contribution in [0.1, 0.15) is 49.6 Å². The molecule has 1 N–H and O–H groups in total. The van der Waals surface area contributed by atoms with E-state index in [1.165, 1.54) is 19.3 Å². The molecular weight excluding hydrogens is 262 g/mol. The van der Waals surface area contributed by atoms with Crippen molar-refractivity contribution in [3.8, 4) is 0 Å². The van der Waals surface area contributed by atoms with Gasteiger partial charge in [-0.25, -0.2) is 0 Å². The van der Waals surface area contributed by atoms with Crippen molar-refractivity contribution in [1.82, 2.24) is 14.8 Å². The molecule has 0 aromatic carbocycles. The number of hydrogen-bond acceptors (Lipinski definition) is 2. The topological polar surface area (TPSA) is 37.3 Å². The van der Waals surface area contributed by atoms with E-state index in [9.17, 15) is 4.79 Å². The molecule has 3 heterocycles. The van der Waals surface area contributed by atoms with Crippen molar-refractivity contribution in [2.45, 2.75) is 44.7 Å². The molecule has 1 aromatic rings. The van der Waals surface area contributed by atoms with E-state index in [4.69, 9.17) is 0 Å². The highest BCUT2D eigenvalue weighted by Crippen LogP contribution is 2.42. The summed E-state index contributed by atoms with van der Waals surface area (Å²) in [5, 5.41) is 3.48. The fourth-order valence-electron chi connectivity index (χ4n) is 4.46. The number of carbonyl (C=O) groups excluding carboxylic acids is 1. The zero-order valence-corrected chi connectivity index (χ0v) is 13.0. The molecule has 21 heavy (non-hydrogen) atoms. The lowest BCUT2D eigenvalue weighted by atomic mass is 9.85. The molecule has 1 aliphatic carbocycles. The predicted molar refractivity (Wildman–Crippen MR) is 82.3 cm³/mol. The standard InChI is InChI=1S/C17H25N3O/c1-17(2)14-10-18-9-12(14)11-20(17)16(21)15-7-4-8-19(15)13-5-3-6-13/h4,7-8,12-14,18H,3,5-6,9-11H2,1-2H3. The second-order valence-corrected chi connectivity index (χ2v) is 7.48. The van der Waals surface area contributed by atoms with Crippen LogP contribution in [0, 0.1) is 11.8 Å². The minimum absolute atomic E-state index is 0.0417. The van der Waals surface area contributed by atoms with Crippen LogP contribution < -0.4 is 5.32 Å². The summed E-state index contributed by atoms with van der Waals surface area (Å²) < 4.78 is 2.22. The summed E-state index contributed by atoms with van der Waals surface area (Å²) >= 11 is 0. The monoisotopic (exact) mass is 287 g/mol. The minimum atomic E-state index is -0.0417. The zero-order chi connectivity index (χ0) is 14.6. The van der Waals surface area contributed by atoms with Gasteiger partial charge in [0.1, 0.15) is 5.69 Å². The van der Waals surface area contributed by atoms with E-state index < -0.39 is 0 Å². The molecule has 0 spiro atoms. The number of nitrogens with one attached hydrogen (secondary N) is 1. The molecular formula is C17H25N3O. The third-order valence-electron chi connectivity index (χ3n) is 6.07. The first-order valence-corrected chi connectivity index (χ1v) is 8.28. The van der Waals surface area contributed by atoms with Gasteiger partial charge in [0.25, 0.3) is 5.91 Å². The Labute approximate surface area is 126 Å². The molecule has 1 amide bonds. The van der Waals surface area contributed by atoms with Gasteiger partial charge in [-0.05, 0) is 57.1 Å². The van der Waals surface area contributed by atoms with Crippen LogP contribution in [-0.4, -0.2) is 40.5 Å². The SMILES string of the molecule is CC1(C)C2CNCC2CN1C(=O)c1cccn1C1CCC1. The lowest BCUT2D eigenvalue weighted by molar-refractivity contribution is 0.0586. The third-order valence-corrected chi connectivity index (χ3v) is 6.07. The fraction of sp³-hybridized carbons (Fsp3) is 0.706. The van der Waals surface area contributed by atoms with Gasteiger partial charge >= 0.3 is 0 Å². The summed E-state index contributed by atoms with van der Waals surface area (Å²) in [5.41, 5.74) is 0.848. The summed E-state index contributed by atoms with van der Waals surface area (Å²) in [5.74, 6) is 1.44. The van der Waals surface area contributed by atoms with Crippen molar-refractivity contribution in [3.05, 3.63) is 24.0 Å². The number of nitrogens with zero attached hydrogens (tertiary/aromatic N) is 2. The highest BCUT2D eigenvalue weighted by atomic mass is 16.2. The Hall–Kier alpha value is -1.29. The van der Waals surface area contributed by atoms with Crippen LogP contribution in [0.2, 0.25) is 0 Å². The average molecular weight is 287 g/mol. The van der Waals surface area contributed by atoms with Crippen molar-refractivity contribution in [1.29, 1.82) is 0 Å². The molecule has 1 saturated carbocycles. The quantitative estimate of drug-likeness (QED) is 0.906. The lowest BCUT2D eigenvalue weighted by Gasteiger charge is -2.37. The fourth-order valence-corrected chi connectivity index (χ4v) is 4.46. The maximum Gasteiger partial charge on any atom is 0.270 e. The van der Waals surface area contributed by atoms with Crippen LogP contribution in [-0.2, 0) is 0 Å². The summed E-state index contributed by atoms with van der Waals surface area (Å²) in [6.07, 6.45) is 5.81. The van der Waals surface area contributed by atoms with Gasteiger partial charge in [-0.1, -0.05) is 0 Å². The summed E-state index contributed by atoms with van der Waals surface area (Å²) in [7, 11) is 0. The normalized spacial score (nSPS) is 31.2. The molecule has 0 radical (unpaired) electrons. The highest BCUT2D eigenvalue weighted by Gasteiger charge is 2.51. The molecule has 2 saturated heterocycles. The van der Waals surface area contributed by atoms with Crippen LogP contribution in [0.25, 0.3) is 0 Å². The lowest BCUT2D eigenvalue weighted by Crippen LogP contribution is -2.48. The van der Waals surface area contributed by atoms with Crippen LogP contribution in [0.4, 0.5) is 0 Å². The third kappa shape index (κ3) is 1.88. The molecule has 0 bridgehead atoms. The second-order valence-electron chi connectivity index (χ2n) is 7.48. The van der Waals surface area contributed by atoms with Crippen molar-refractivity contribution >= 4 is 5.91 Å². The number of amides is 1. The van der Waals surface area contributed by atoms with E-state index in [1.807, 2.05) is 12.1 Å². The number of carbonyl (C=O) groups is 1. The molecule has 1 aromatic heterocycles. The summed E-state index contributed by atoms with van der Waals surface area (Å²) in [4.78, 5) is 15.2. The Morgan fingerprint density at radius 3 is 2.81 bits per heavy atom. The molecule has 3 fully saturated rings. The maximum atomic E-state index is 13.1. The van der Waals surface area contributed by atoms with Gasteiger partial charge < -0.3 is 14.8 Å². The van der Waals surface area contributed by atoms with Crippen molar-refractivity contribution in [2.75, 3.05) is 19.6 Å². The first-order valence-electron chi connectivity index (χ1n) is 8.28. The number of likely N-dealkylation sites (tertiary alicyclic amines) is 1. The number of fused-ring (bicyclic) bond motifs is 1. The van der Waals surface area contributed by atoms with E-state index in [1.54, 1.807) is 0 Å². The zero-order valence-electron chi connectivity index (χ0n) is 13.0. The Morgan fingerprint density at radius 1 is 1.33 bits per heavy atom. The van der Waals surface area contributed by atoms with Crippen molar-refractivity contribution in [3.63, 3.8) is 0 Å². The Bertz CT molecular complexity index is 558. The molecule has 114 valence electrons. The Morgan fingerprint density at radius 2 is 2.14 bits per heavy atom. The average Bonchev–Trinajstić information content (AvgIpc) is 3.05. The molecule has 4 heteroatoms. The first kappa shape index (κ1) is 13.4. The predicted octanol–water partition coefficient (Wildman–Crippen LogP) is 2.28. The highest BCUT2D eigenvalue weighted by molar-refractivity contribution is 5.93. The molecule has 4 nitrogen and oxygen atoms in total. The van der Waals surface area contributed by atoms with E-state index in [0.29, 0.717) is 17.9 Å². The van der Waals surface area contributed by atoms with Gasteiger partial charge in [0.05, 0.1) is 0 Å². The Kier molecular flexibility index (Phi) is 2.93. The maximum absolute atomic E-state index is 13.1. The molecule has 3 aliphatic rings. The number of rotatable bonds is 2. The van der Waals surface area contributed by atoms with Gasteiger partial charge in [-0.15, -0.1) is 0 Å².